The molecule has 1 aromatic rings. The van der Waals surface area contributed by atoms with Gasteiger partial charge in [-0.3, -0.25) is 14.4 Å². The minimum atomic E-state index is -1.25. The number of hydroxylamine groups is 2. The summed E-state index contributed by atoms with van der Waals surface area (Å²) in [6.45, 7) is -0.731. The molecule has 0 fully saturated rings. The Kier molecular flexibility index (Phi) is 2.41. The number of imide groups is 1. The van der Waals surface area contributed by atoms with Gasteiger partial charge in [-0.25, -0.2) is 4.79 Å². The minimum Gasteiger partial charge on any atom is -0.479 e. The molecule has 0 unspecified atom stereocenters. The Morgan fingerprint density at radius 3 is 2.12 bits per heavy atom. The number of nitrogens with zero attached hydrogens (tertiary/aromatic N) is 1. The van der Waals surface area contributed by atoms with Crippen LogP contribution in [0.25, 0.3) is 0 Å². The van der Waals surface area contributed by atoms with Gasteiger partial charge in [-0.2, -0.15) is 0 Å². The predicted octanol–water partition coefficient (Wildman–Crippen LogP) is 0.299. The SMILES string of the molecule is O=C(O)CON1C(=O)c2ccccc2C1=O. The standard InChI is InChI=1S/C10H7NO5/c12-8(13)5-16-11-9(14)6-3-1-2-4-7(6)10(11)15/h1-4H,5H2,(H,12,13). The minimum absolute atomic E-state index is 0.220. The Balaban J connectivity index is 2.25. The van der Waals surface area contributed by atoms with Crippen molar-refractivity contribution in [3.63, 3.8) is 0 Å². The lowest BCUT2D eigenvalue weighted by Gasteiger charge is -2.10. The van der Waals surface area contributed by atoms with Gasteiger partial charge in [0, 0.05) is 0 Å². The maximum atomic E-state index is 11.6. The molecule has 1 aromatic carbocycles. The number of carboxylic acid groups (broad SMARTS) is 1. The summed E-state index contributed by atoms with van der Waals surface area (Å²) in [6, 6.07) is 6.20. The number of carbonyl (C=O) groups is 3. The van der Waals surface area contributed by atoms with Crippen molar-refractivity contribution in [1.82, 2.24) is 5.06 Å². The highest BCUT2D eigenvalue weighted by Gasteiger charge is 2.36. The summed E-state index contributed by atoms with van der Waals surface area (Å²) >= 11 is 0. The molecule has 6 heteroatoms. The maximum absolute atomic E-state index is 11.6. The number of rotatable bonds is 3. The van der Waals surface area contributed by atoms with Crippen molar-refractivity contribution in [2.75, 3.05) is 6.61 Å². The van der Waals surface area contributed by atoms with Crippen LogP contribution in [0, 0.1) is 0 Å². The van der Waals surface area contributed by atoms with Crippen LogP contribution in [0.15, 0.2) is 24.3 Å². The van der Waals surface area contributed by atoms with Crippen LogP contribution in [0.3, 0.4) is 0 Å². The molecule has 0 aliphatic carbocycles. The van der Waals surface area contributed by atoms with Gasteiger partial charge in [-0.1, -0.05) is 12.1 Å². The summed E-state index contributed by atoms with van der Waals surface area (Å²) < 4.78 is 0. The molecule has 0 radical (unpaired) electrons. The Labute approximate surface area is 90.0 Å². The average molecular weight is 221 g/mol. The van der Waals surface area contributed by atoms with E-state index in [-0.39, 0.29) is 11.1 Å². The zero-order valence-electron chi connectivity index (χ0n) is 8.04. The zero-order valence-corrected chi connectivity index (χ0v) is 8.04. The van der Waals surface area contributed by atoms with E-state index in [4.69, 9.17) is 5.11 Å². The smallest absolute Gasteiger partial charge is 0.332 e. The maximum Gasteiger partial charge on any atom is 0.332 e. The van der Waals surface area contributed by atoms with E-state index >= 15 is 0 Å². The molecule has 82 valence electrons. The second-order valence-electron chi connectivity index (χ2n) is 3.12. The van der Waals surface area contributed by atoms with Gasteiger partial charge in [-0.15, -0.1) is 5.06 Å². The molecule has 0 bridgehead atoms. The molecule has 0 saturated carbocycles. The molecular weight excluding hydrogens is 214 g/mol. The summed E-state index contributed by atoms with van der Waals surface area (Å²) in [5.41, 5.74) is 0.441. The molecule has 1 heterocycles. The first-order valence-corrected chi connectivity index (χ1v) is 4.44. The van der Waals surface area contributed by atoms with E-state index in [0.717, 1.165) is 0 Å². The van der Waals surface area contributed by atoms with Crippen LogP contribution in [0.1, 0.15) is 20.7 Å². The normalized spacial score (nSPS) is 14.1. The van der Waals surface area contributed by atoms with Crippen LogP contribution >= 0.6 is 0 Å². The van der Waals surface area contributed by atoms with Crippen molar-refractivity contribution in [2.24, 2.45) is 0 Å². The highest BCUT2D eigenvalue weighted by Crippen LogP contribution is 2.22. The first-order valence-electron chi connectivity index (χ1n) is 4.44. The summed E-state index contributed by atoms with van der Waals surface area (Å²) in [7, 11) is 0. The second kappa shape index (κ2) is 3.74. The summed E-state index contributed by atoms with van der Waals surface area (Å²) in [4.78, 5) is 38.1. The number of carbonyl (C=O) groups excluding carboxylic acids is 2. The largest absolute Gasteiger partial charge is 0.479 e. The zero-order chi connectivity index (χ0) is 11.7. The molecule has 0 spiro atoms. The number of hydrogen-bond acceptors (Lipinski definition) is 4. The average Bonchev–Trinajstić information content (AvgIpc) is 2.50. The molecule has 16 heavy (non-hydrogen) atoms. The van der Waals surface area contributed by atoms with E-state index in [9.17, 15) is 14.4 Å². The molecule has 0 saturated heterocycles. The topological polar surface area (TPSA) is 83.9 Å². The van der Waals surface area contributed by atoms with Crippen molar-refractivity contribution < 1.29 is 24.3 Å². The van der Waals surface area contributed by atoms with E-state index in [1.54, 1.807) is 12.1 Å². The van der Waals surface area contributed by atoms with Crippen LogP contribution in [-0.2, 0) is 9.63 Å². The number of carboxylic acids is 1. The quantitative estimate of drug-likeness (QED) is 0.742. The lowest BCUT2D eigenvalue weighted by molar-refractivity contribution is -0.155. The highest BCUT2D eigenvalue weighted by atomic mass is 16.7. The van der Waals surface area contributed by atoms with Crippen molar-refractivity contribution in [1.29, 1.82) is 0 Å². The van der Waals surface area contributed by atoms with Gasteiger partial charge in [0.05, 0.1) is 11.1 Å². The summed E-state index contributed by atoms with van der Waals surface area (Å²) in [5.74, 6) is -2.53. The molecule has 1 N–H and O–H groups in total. The Bertz CT molecular complexity index is 447. The van der Waals surface area contributed by atoms with Crippen molar-refractivity contribution in [3.05, 3.63) is 35.4 Å². The second-order valence-corrected chi connectivity index (χ2v) is 3.12. The fourth-order valence-corrected chi connectivity index (χ4v) is 1.40. The molecular formula is C10H7NO5. The lowest BCUT2D eigenvalue weighted by atomic mass is 10.1. The third kappa shape index (κ3) is 1.55. The molecule has 1 aliphatic heterocycles. The van der Waals surface area contributed by atoms with Crippen LogP contribution in [-0.4, -0.2) is 34.6 Å². The fraction of sp³-hybridized carbons (Fsp3) is 0.100. The fourth-order valence-electron chi connectivity index (χ4n) is 1.40. The Hall–Kier alpha value is -2.21. The van der Waals surface area contributed by atoms with E-state index in [1.807, 2.05) is 0 Å². The van der Waals surface area contributed by atoms with Crippen LogP contribution < -0.4 is 0 Å². The number of amides is 2. The van der Waals surface area contributed by atoms with Gasteiger partial charge in [0.2, 0.25) is 0 Å². The van der Waals surface area contributed by atoms with E-state index in [1.165, 1.54) is 12.1 Å². The van der Waals surface area contributed by atoms with Crippen LogP contribution in [0.2, 0.25) is 0 Å². The Morgan fingerprint density at radius 2 is 1.69 bits per heavy atom. The van der Waals surface area contributed by atoms with Gasteiger partial charge in [0.25, 0.3) is 11.8 Å². The third-order valence-corrected chi connectivity index (χ3v) is 2.07. The van der Waals surface area contributed by atoms with Gasteiger partial charge in [0.15, 0.2) is 6.61 Å². The van der Waals surface area contributed by atoms with Crippen LogP contribution in [0.4, 0.5) is 0 Å². The van der Waals surface area contributed by atoms with Crippen LogP contribution in [0.5, 0.6) is 0 Å². The van der Waals surface area contributed by atoms with Gasteiger partial charge >= 0.3 is 5.97 Å². The van der Waals surface area contributed by atoms with Crippen molar-refractivity contribution >= 4 is 17.8 Å². The number of hydrogen-bond donors (Lipinski definition) is 1. The van der Waals surface area contributed by atoms with E-state index in [2.05, 4.69) is 4.84 Å². The van der Waals surface area contributed by atoms with Gasteiger partial charge in [-0.05, 0) is 12.1 Å². The first kappa shape index (κ1) is 10.3. The molecule has 1 aliphatic rings. The molecule has 2 rings (SSSR count). The summed E-state index contributed by atoms with van der Waals surface area (Å²) in [5, 5.41) is 8.86. The lowest BCUT2D eigenvalue weighted by Crippen LogP contribution is -2.32. The van der Waals surface area contributed by atoms with Crippen molar-refractivity contribution in [3.8, 4) is 0 Å². The Morgan fingerprint density at radius 1 is 1.19 bits per heavy atom. The monoisotopic (exact) mass is 221 g/mol. The van der Waals surface area contributed by atoms with Gasteiger partial charge < -0.3 is 5.11 Å². The summed E-state index contributed by atoms with van der Waals surface area (Å²) in [6.07, 6.45) is 0. The first-order chi connectivity index (χ1) is 7.61. The van der Waals surface area contributed by atoms with Gasteiger partial charge in [0.1, 0.15) is 0 Å². The number of benzene rings is 1. The van der Waals surface area contributed by atoms with Crippen molar-refractivity contribution in [2.45, 2.75) is 0 Å². The molecule has 0 aromatic heterocycles. The van der Waals surface area contributed by atoms with E-state index in [0.29, 0.717) is 5.06 Å². The molecule has 6 nitrogen and oxygen atoms in total. The molecule has 2 amide bonds. The predicted molar refractivity (Wildman–Crippen MR) is 50.5 cm³/mol. The highest BCUT2D eigenvalue weighted by molar-refractivity contribution is 6.20. The van der Waals surface area contributed by atoms with E-state index < -0.39 is 24.4 Å². The number of aliphatic carboxylic acids is 1. The third-order valence-electron chi connectivity index (χ3n) is 2.07. The molecule has 0 atom stereocenters. The number of fused-ring (bicyclic) bond motifs is 1.